The van der Waals surface area contributed by atoms with E-state index >= 15 is 0 Å². The fraction of sp³-hybridized carbons (Fsp3) is 1.00. The second-order valence-electron chi connectivity index (χ2n) is 2.78. The van der Waals surface area contributed by atoms with Crippen molar-refractivity contribution in [3.05, 3.63) is 0 Å². The zero-order valence-corrected chi connectivity index (χ0v) is 6.30. The lowest BCUT2D eigenvalue weighted by atomic mass is 9.98. The minimum atomic E-state index is -1.43. The summed E-state index contributed by atoms with van der Waals surface area (Å²) in [6.07, 6.45) is -5.36. The summed E-state index contributed by atoms with van der Waals surface area (Å²) in [5.74, 6) is 0. The molecule has 0 amide bonds. The molecule has 1 fully saturated rings. The first-order valence-electron chi connectivity index (χ1n) is 3.59. The van der Waals surface area contributed by atoms with Gasteiger partial charge in [0.1, 0.15) is 25.0 Å². The van der Waals surface area contributed by atoms with Gasteiger partial charge in [0.2, 0.25) is 0 Å². The minimum Gasteiger partial charge on any atom is -0.388 e. The lowest BCUT2D eigenvalue weighted by Gasteiger charge is -2.37. The molecule has 0 aromatic carbocycles. The molecule has 6 heteroatoms. The van der Waals surface area contributed by atoms with Crippen molar-refractivity contribution in [3.63, 3.8) is 0 Å². The van der Waals surface area contributed by atoms with Crippen LogP contribution in [0.15, 0.2) is 0 Å². The summed E-state index contributed by atoms with van der Waals surface area (Å²) < 4.78 is 16.6. The van der Waals surface area contributed by atoms with Gasteiger partial charge >= 0.3 is 0 Å². The molecule has 5 atom stereocenters. The van der Waals surface area contributed by atoms with Gasteiger partial charge in [0.25, 0.3) is 0 Å². The summed E-state index contributed by atoms with van der Waals surface area (Å²) in [4.78, 5) is 0. The van der Waals surface area contributed by atoms with Crippen LogP contribution < -0.4 is 5.73 Å². The molecule has 0 aromatic rings. The van der Waals surface area contributed by atoms with E-state index in [1.165, 1.54) is 0 Å². The monoisotopic (exact) mass is 181 g/mol. The van der Waals surface area contributed by atoms with Crippen LogP contribution in [-0.4, -0.2) is 52.6 Å². The van der Waals surface area contributed by atoms with Crippen LogP contribution in [0.25, 0.3) is 0 Å². The van der Waals surface area contributed by atoms with Gasteiger partial charge in [0, 0.05) is 0 Å². The molecule has 1 aliphatic rings. The van der Waals surface area contributed by atoms with Crippen molar-refractivity contribution in [1.29, 1.82) is 0 Å². The first-order valence-corrected chi connectivity index (χ1v) is 3.59. The first kappa shape index (κ1) is 9.82. The molecule has 5 N–H and O–H groups in total. The number of aliphatic hydroxyl groups excluding tert-OH is 3. The van der Waals surface area contributed by atoms with Crippen molar-refractivity contribution >= 4 is 0 Å². The molecule has 12 heavy (non-hydrogen) atoms. The van der Waals surface area contributed by atoms with E-state index in [-0.39, 0.29) is 0 Å². The summed E-state index contributed by atoms with van der Waals surface area (Å²) in [5.41, 5.74) is 5.22. The van der Waals surface area contributed by atoms with Crippen LogP contribution in [-0.2, 0) is 4.74 Å². The van der Waals surface area contributed by atoms with Gasteiger partial charge < -0.3 is 25.8 Å². The van der Waals surface area contributed by atoms with Crippen LogP contribution in [0.2, 0.25) is 0 Å². The predicted octanol–water partition coefficient (Wildman–Crippen LogP) is -2.28. The van der Waals surface area contributed by atoms with E-state index in [0.717, 1.165) is 0 Å². The van der Waals surface area contributed by atoms with Crippen LogP contribution in [0, 0.1) is 0 Å². The second kappa shape index (κ2) is 3.63. The molecule has 0 saturated carbocycles. The summed E-state index contributed by atoms with van der Waals surface area (Å²) in [7, 11) is 0. The summed E-state index contributed by atoms with van der Waals surface area (Å²) in [6, 6.07) is -1.09. The molecule has 1 unspecified atom stereocenters. The van der Waals surface area contributed by atoms with E-state index in [2.05, 4.69) is 4.74 Å². The summed E-state index contributed by atoms with van der Waals surface area (Å²) in [5, 5.41) is 27.2. The molecule has 1 rings (SSSR count). The Kier molecular flexibility index (Phi) is 2.97. The average molecular weight is 181 g/mol. The third kappa shape index (κ3) is 1.57. The lowest BCUT2D eigenvalue weighted by molar-refractivity contribution is -0.244. The van der Waals surface area contributed by atoms with Crippen LogP contribution in [0.1, 0.15) is 0 Å². The normalized spacial score (nSPS) is 49.2. The molecule has 1 aliphatic heterocycles. The number of hydrogen-bond donors (Lipinski definition) is 4. The molecule has 0 aliphatic carbocycles. The van der Waals surface area contributed by atoms with Crippen LogP contribution >= 0.6 is 0 Å². The SMILES string of the molecule is N[C@H]1C(O)O[C@H](CF)[C@H](O)[C@@H]1O. The number of alkyl halides is 1. The van der Waals surface area contributed by atoms with Crippen LogP contribution in [0.3, 0.4) is 0 Å². The largest absolute Gasteiger partial charge is 0.388 e. The molecule has 1 heterocycles. The number of nitrogens with two attached hydrogens (primary N) is 1. The Morgan fingerprint density at radius 2 is 1.83 bits per heavy atom. The van der Waals surface area contributed by atoms with E-state index < -0.39 is 37.3 Å². The number of aliphatic hydroxyl groups is 3. The number of halogens is 1. The van der Waals surface area contributed by atoms with Crippen LogP contribution in [0.5, 0.6) is 0 Å². The Morgan fingerprint density at radius 1 is 1.25 bits per heavy atom. The maximum absolute atomic E-state index is 12.1. The fourth-order valence-corrected chi connectivity index (χ4v) is 1.09. The van der Waals surface area contributed by atoms with E-state index in [1.807, 2.05) is 0 Å². The molecule has 0 spiro atoms. The van der Waals surface area contributed by atoms with Gasteiger partial charge in [-0.05, 0) is 0 Å². The Hall–Kier alpha value is -0.270. The maximum Gasteiger partial charge on any atom is 0.173 e. The van der Waals surface area contributed by atoms with Gasteiger partial charge in [0.05, 0.1) is 6.04 Å². The quantitative estimate of drug-likeness (QED) is 0.365. The third-order valence-corrected chi connectivity index (χ3v) is 1.92. The van der Waals surface area contributed by atoms with Crippen molar-refractivity contribution in [2.45, 2.75) is 30.6 Å². The molecule has 0 radical (unpaired) electrons. The van der Waals surface area contributed by atoms with Crippen LogP contribution in [0.4, 0.5) is 4.39 Å². The zero-order chi connectivity index (χ0) is 9.30. The third-order valence-electron chi connectivity index (χ3n) is 1.92. The molecule has 72 valence electrons. The first-order chi connectivity index (χ1) is 5.57. The van der Waals surface area contributed by atoms with Gasteiger partial charge in [-0.2, -0.15) is 0 Å². The van der Waals surface area contributed by atoms with E-state index in [1.54, 1.807) is 0 Å². The highest BCUT2D eigenvalue weighted by molar-refractivity contribution is 4.90. The topological polar surface area (TPSA) is 95.9 Å². The summed E-state index contributed by atoms with van der Waals surface area (Å²) >= 11 is 0. The Bertz CT molecular complexity index is 154. The number of ether oxygens (including phenoxy) is 1. The molecule has 5 nitrogen and oxygen atoms in total. The Balaban J connectivity index is 2.63. The van der Waals surface area contributed by atoms with E-state index in [4.69, 9.17) is 21.1 Å². The Morgan fingerprint density at radius 3 is 2.33 bits per heavy atom. The van der Waals surface area contributed by atoms with Crippen molar-refractivity contribution in [2.24, 2.45) is 5.73 Å². The highest BCUT2D eigenvalue weighted by Crippen LogP contribution is 2.18. The highest BCUT2D eigenvalue weighted by atomic mass is 19.1. The van der Waals surface area contributed by atoms with Crippen molar-refractivity contribution in [3.8, 4) is 0 Å². The van der Waals surface area contributed by atoms with E-state index in [9.17, 15) is 4.39 Å². The van der Waals surface area contributed by atoms with Gasteiger partial charge in [-0.25, -0.2) is 4.39 Å². The molecular formula is C6H12FNO4. The number of rotatable bonds is 1. The molecule has 0 aromatic heterocycles. The smallest absolute Gasteiger partial charge is 0.173 e. The molecule has 0 bridgehead atoms. The molecule has 1 saturated heterocycles. The Labute approximate surface area is 68.6 Å². The van der Waals surface area contributed by atoms with Gasteiger partial charge in [-0.3, -0.25) is 0 Å². The molecular weight excluding hydrogens is 169 g/mol. The van der Waals surface area contributed by atoms with Gasteiger partial charge in [-0.1, -0.05) is 0 Å². The van der Waals surface area contributed by atoms with E-state index in [0.29, 0.717) is 0 Å². The zero-order valence-electron chi connectivity index (χ0n) is 6.30. The average Bonchev–Trinajstić information content (AvgIpc) is 2.08. The highest BCUT2D eigenvalue weighted by Gasteiger charge is 2.41. The minimum absolute atomic E-state index is 0.970. The van der Waals surface area contributed by atoms with Gasteiger partial charge in [-0.15, -0.1) is 0 Å². The van der Waals surface area contributed by atoms with Crippen molar-refractivity contribution in [2.75, 3.05) is 6.67 Å². The lowest BCUT2D eigenvalue weighted by Crippen LogP contribution is -2.61. The standard InChI is InChI=1S/C6H12FNO4/c7-1-2-4(9)5(10)3(8)6(11)12-2/h2-6,9-11H,1,8H2/t2-,3-,4+,5-,6?/m1/s1. The van der Waals surface area contributed by atoms with Crippen molar-refractivity contribution in [1.82, 2.24) is 0 Å². The second-order valence-corrected chi connectivity index (χ2v) is 2.78. The predicted molar refractivity (Wildman–Crippen MR) is 36.8 cm³/mol. The van der Waals surface area contributed by atoms with Crippen molar-refractivity contribution < 1.29 is 24.4 Å². The summed E-state index contributed by atoms with van der Waals surface area (Å²) in [6.45, 7) is -0.970. The maximum atomic E-state index is 12.1. The number of hydrogen-bond acceptors (Lipinski definition) is 5. The van der Waals surface area contributed by atoms with Gasteiger partial charge in [0.15, 0.2) is 6.29 Å². The fourth-order valence-electron chi connectivity index (χ4n) is 1.09.